The van der Waals surface area contributed by atoms with Gasteiger partial charge in [0.05, 0.1) is 19.3 Å². The molecule has 1 unspecified atom stereocenters. The Labute approximate surface area is 120 Å². The van der Waals surface area contributed by atoms with Gasteiger partial charge in [0.1, 0.15) is 0 Å². The molecule has 0 spiro atoms. The number of hydrogen-bond donors (Lipinski definition) is 0. The third-order valence-electron chi connectivity index (χ3n) is 3.32. The Morgan fingerprint density at radius 1 is 0.737 bits per heavy atom. The van der Waals surface area contributed by atoms with Crippen LogP contribution in [0, 0.1) is 5.92 Å². The summed E-state index contributed by atoms with van der Waals surface area (Å²) in [6.45, 7) is 12.2. The monoisotopic (exact) mass is 274 g/mol. The van der Waals surface area contributed by atoms with Gasteiger partial charge in [-0.25, -0.2) is 0 Å². The van der Waals surface area contributed by atoms with Crippen molar-refractivity contribution in [3.05, 3.63) is 0 Å². The molecular weight excluding hydrogens is 240 g/mol. The minimum absolute atomic E-state index is 0.278. The summed E-state index contributed by atoms with van der Waals surface area (Å²) >= 11 is 0. The van der Waals surface area contributed by atoms with Crippen LogP contribution in [0.5, 0.6) is 0 Å². The van der Waals surface area contributed by atoms with E-state index in [0.717, 1.165) is 39.5 Å². The molecule has 0 aromatic rings. The highest BCUT2D eigenvalue weighted by molar-refractivity contribution is 4.71. The van der Waals surface area contributed by atoms with E-state index in [-0.39, 0.29) is 6.10 Å². The maximum absolute atomic E-state index is 5.92. The molecule has 3 nitrogen and oxygen atoms in total. The molecule has 0 radical (unpaired) electrons. The van der Waals surface area contributed by atoms with Crippen molar-refractivity contribution in [3.63, 3.8) is 0 Å². The van der Waals surface area contributed by atoms with Crippen LogP contribution < -0.4 is 0 Å². The van der Waals surface area contributed by atoms with Crippen LogP contribution in [0.1, 0.15) is 59.8 Å². The van der Waals surface area contributed by atoms with Crippen LogP contribution in [0.4, 0.5) is 0 Å². The second-order valence-corrected chi connectivity index (χ2v) is 4.92. The summed E-state index contributed by atoms with van der Waals surface area (Å²) < 4.78 is 17.1. The summed E-state index contributed by atoms with van der Waals surface area (Å²) in [6.07, 6.45) is 6.54. The molecule has 0 aliphatic carbocycles. The lowest BCUT2D eigenvalue weighted by Gasteiger charge is -2.26. The van der Waals surface area contributed by atoms with Gasteiger partial charge in [-0.3, -0.25) is 0 Å². The molecule has 0 fully saturated rings. The van der Waals surface area contributed by atoms with Crippen molar-refractivity contribution >= 4 is 0 Å². The van der Waals surface area contributed by atoms with E-state index in [2.05, 4.69) is 13.8 Å². The summed E-state index contributed by atoms with van der Waals surface area (Å²) in [5.74, 6) is 0.362. The predicted molar refractivity (Wildman–Crippen MR) is 80.6 cm³/mol. The van der Waals surface area contributed by atoms with Crippen LogP contribution in [0.3, 0.4) is 0 Å². The van der Waals surface area contributed by atoms with E-state index >= 15 is 0 Å². The number of unbranched alkanes of at least 4 members (excludes halogenated alkanes) is 3. The fourth-order valence-corrected chi connectivity index (χ4v) is 2.24. The fraction of sp³-hybridized carbons (Fsp3) is 1.00. The van der Waals surface area contributed by atoms with E-state index < -0.39 is 0 Å². The summed E-state index contributed by atoms with van der Waals surface area (Å²) in [7, 11) is 0. The molecule has 0 heterocycles. The Balaban J connectivity index is 4.19. The van der Waals surface area contributed by atoms with Gasteiger partial charge in [0.2, 0.25) is 0 Å². The van der Waals surface area contributed by atoms with Crippen molar-refractivity contribution in [3.8, 4) is 0 Å². The van der Waals surface area contributed by atoms with Gasteiger partial charge < -0.3 is 14.2 Å². The van der Waals surface area contributed by atoms with Crippen molar-refractivity contribution in [2.24, 2.45) is 5.92 Å². The molecule has 0 saturated carbocycles. The zero-order chi connectivity index (χ0) is 14.3. The smallest absolute Gasteiger partial charge is 0.0647 e. The van der Waals surface area contributed by atoms with Gasteiger partial charge in [-0.15, -0.1) is 0 Å². The number of ether oxygens (including phenoxy) is 3. The normalized spacial score (nSPS) is 13.1. The molecule has 3 heteroatoms. The highest BCUT2D eigenvalue weighted by Crippen LogP contribution is 2.17. The van der Waals surface area contributed by atoms with E-state index in [9.17, 15) is 0 Å². The van der Waals surface area contributed by atoms with Crippen molar-refractivity contribution in [2.45, 2.75) is 65.9 Å². The van der Waals surface area contributed by atoms with E-state index in [0.29, 0.717) is 5.92 Å². The Morgan fingerprint density at radius 2 is 1.37 bits per heavy atom. The largest absolute Gasteiger partial charge is 0.381 e. The number of rotatable bonds is 14. The van der Waals surface area contributed by atoms with Gasteiger partial charge in [-0.2, -0.15) is 0 Å². The van der Waals surface area contributed by atoms with E-state index in [4.69, 9.17) is 14.2 Å². The average molecular weight is 274 g/mol. The summed E-state index contributed by atoms with van der Waals surface area (Å²) in [4.78, 5) is 0. The van der Waals surface area contributed by atoms with Gasteiger partial charge in [0.25, 0.3) is 0 Å². The molecule has 0 amide bonds. The standard InChI is InChI=1S/C16H34O3/c1-5-9-10-11-12-16(19-8-4)15(13-17-6-2)14-18-7-3/h15-16H,5-14H2,1-4H3. The fourth-order valence-electron chi connectivity index (χ4n) is 2.24. The zero-order valence-electron chi connectivity index (χ0n) is 13.5. The molecule has 0 aromatic heterocycles. The first-order valence-corrected chi connectivity index (χ1v) is 8.07. The Bertz CT molecular complexity index is 165. The molecule has 0 aromatic carbocycles. The van der Waals surface area contributed by atoms with Gasteiger partial charge >= 0.3 is 0 Å². The molecule has 0 N–H and O–H groups in total. The lowest BCUT2D eigenvalue weighted by molar-refractivity contribution is -0.0523. The van der Waals surface area contributed by atoms with Crippen LogP contribution in [-0.4, -0.2) is 39.1 Å². The van der Waals surface area contributed by atoms with Gasteiger partial charge in [-0.1, -0.05) is 32.6 Å². The first-order chi connectivity index (χ1) is 9.29. The van der Waals surface area contributed by atoms with Crippen LogP contribution >= 0.6 is 0 Å². The molecule has 116 valence electrons. The zero-order valence-corrected chi connectivity index (χ0v) is 13.5. The minimum atomic E-state index is 0.278. The lowest BCUT2D eigenvalue weighted by atomic mass is 9.98. The number of hydrogen-bond acceptors (Lipinski definition) is 3. The van der Waals surface area contributed by atoms with E-state index in [1.54, 1.807) is 0 Å². The maximum Gasteiger partial charge on any atom is 0.0647 e. The summed E-state index contributed by atoms with van der Waals surface area (Å²) in [5.41, 5.74) is 0. The molecule has 0 aliphatic heterocycles. The topological polar surface area (TPSA) is 27.7 Å². The SMILES string of the molecule is CCCCCCC(OCC)C(COCC)COCC. The van der Waals surface area contributed by atoms with Crippen molar-refractivity contribution in [1.82, 2.24) is 0 Å². The summed E-state index contributed by atoms with van der Waals surface area (Å²) in [6, 6.07) is 0. The molecule has 0 aliphatic rings. The summed E-state index contributed by atoms with van der Waals surface area (Å²) in [5, 5.41) is 0. The predicted octanol–water partition coefficient (Wildman–Crippen LogP) is 4.05. The second kappa shape index (κ2) is 14.3. The van der Waals surface area contributed by atoms with Crippen molar-refractivity contribution < 1.29 is 14.2 Å². The minimum Gasteiger partial charge on any atom is -0.381 e. The quantitative estimate of drug-likeness (QED) is 0.447. The molecule has 1 atom stereocenters. The van der Waals surface area contributed by atoms with E-state index in [1.807, 2.05) is 13.8 Å². The van der Waals surface area contributed by atoms with Crippen LogP contribution in [0.25, 0.3) is 0 Å². The first-order valence-electron chi connectivity index (χ1n) is 8.07. The highest BCUT2D eigenvalue weighted by Gasteiger charge is 2.22. The molecule has 0 saturated heterocycles. The molecular formula is C16H34O3. The highest BCUT2D eigenvalue weighted by atomic mass is 16.5. The van der Waals surface area contributed by atoms with Gasteiger partial charge in [-0.05, 0) is 27.2 Å². The lowest BCUT2D eigenvalue weighted by Crippen LogP contribution is -2.32. The molecule has 0 rings (SSSR count). The first kappa shape index (κ1) is 18.9. The van der Waals surface area contributed by atoms with Crippen molar-refractivity contribution in [2.75, 3.05) is 33.0 Å². The third-order valence-corrected chi connectivity index (χ3v) is 3.32. The third kappa shape index (κ3) is 10.3. The van der Waals surface area contributed by atoms with Crippen LogP contribution in [0.15, 0.2) is 0 Å². The Morgan fingerprint density at radius 3 is 1.84 bits per heavy atom. The van der Waals surface area contributed by atoms with E-state index in [1.165, 1.54) is 25.7 Å². The molecule has 19 heavy (non-hydrogen) atoms. The van der Waals surface area contributed by atoms with Gasteiger partial charge in [0.15, 0.2) is 0 Å². The maximum atomic E-state index is 5.92. The van der Waals surface area contributed by atoms with Gasteiger partial charge in [0, 0.05) is 25.7 Å². The van der Waals surface area contributed by atoms with Crippen LogP contribution in [0.2, 0.25) is 0 Å². The Hall–Kier alpha value is -0.120. The van der Waals surface area contributed by atoms with Crippen molar-refractivity contribution in [1.29, 1.82) is 0 Å². The average Bonchev–Trinajstić information content (AvgIpc) is 2.43. The second-order valence-electron chi connectivity index (χ2n) is 4.92. The Kier molecular flexibility index (Phi) is 14.2. The molecule has 0 bridgehead atoms. The van der Waals surface area contributed by atoms with Crippen LogP contribution in [-0.2, 0) is 14.2 Å².